The number of carbonyl (C=O) groups is 1. The van der Waals surface area contributed by atoms with E-state index in [0.29, 0.717) is 24.5 Å². The molecule has 0 unspecified atom stereocenters. The minimum Gasteiger partial charge on any atom is -0.493 e. The highest BCUT2D eigenvalue weighted by Gasteiger charge is 2.25. The smallest absolute Gasteiger partial charge is 0.267 e. The molecule has 0 aliphatic rings. The van der Waals surface area contributed by atoms with Gasteiger partial charge < -0.3 is 19.3 Å². The summed E-state index contributed by atoms with van der Waals surface area (Å²) < 4.78 is 43.6. The second-order valence-corrected chi connectivity index (χ2v) is 8.62. The Morgan fingerprint density at radius 2 is 1.78 bits per heavy atom. The number of benzene rings is 2. The van der Waals surface area contributed by atoms with E-state index in [1.165, 1.54) is 19.9 Å². The molecule has 0 saturated heterocycles. The van der Waals surface area contributed by atoms with Crippen LogP contribution in [0, 0.1) is 13.8 Å². The van der Waals surface area contributed by atoms with Crippen molar-refractivity contribution in [3.63, 3.8) is 0 Å². The molecule has 0 spiro atoms. The summed E-state index contributed by atoms with van der Waals surface area (Å²) in [5, 5.41) is 6.50. The quantitative estimate of drug-likeness (QED) is 0.505. The molecule has 1 aromatic heterocycles. The van der Waals surface area contributed by atoms with E-state index in [4.69, 9.17) is 14.0 Å². The number of carbonyl (C=O) groups excluding carboxylic acids is 1. The van der Waals surface area contributed by atoms with E-state index in [9.17, 15) is 13.2 Å². The van der Waals surface area contributed by atoms with Crippen LogP contribution >= 0.6 is 0 Å². The highest BCUT2D eigenvalue weighted by molar-refractivity contribution is 7.92. The van der Waals surface area contributed by atoms with Crippen LogP contribution in [0.25, 0.3) is 0 Å². The normalized spacial score (nSPS) is 11.1. The van der Waals surface area contributed by atoms with Crippen molar-refractivity contribution in [3.05, 3.63) is 65.0 Å². The van der Waals surface area contributed by atoms with Crippen molar-refractivity contribution in [3.8, 4) is 11.5 Å². The van der Waals surface area contributed by atoms with Crippen molar-refractivity contribution in [2.45, 2.75) is 25.2 Å². The molecule has 0 radical (unpaired) electrons. The summed E-state index contributed by atoms with van der Waals surface area (Å²) >= 11 is 0. The van der Waals surface area contributed by atoms with Crippen LogP contribution in [0.4, 0.5) is 5.69 Å². The average molecular weight is 460 g/mol. The average Bonchev–Trinajstić information content (AvgIpc) is 3.12. The number of nitrogens with zero attached hydrogens (tertiary/aromatic N) is 1. The predicted octanol–water partition coefficient (Wildman–Crippen LogP) is 3.08. The monoisotopic (exact) mass is 459 g/mol. The molecule has 0 aliphatic heterocycles. The van der Waals surface area contributed by atoms with Gasteiger partial charge in [-0.25, -0.2) is 8.42 Å². The number of aryl methyl sites for hydroxylation is 2. The van der Waals surface area contributed by atoms with Crippen LogP contribution in [-0.2, 0) is 16.4 Å². The summed E-state index contributed by atoms with van der Waals surface area (Å²) in [6.45, 7) is 3.40. The number of rotatable bonds is 9. The molecule has 2 aromatic carbocycles. The van der Waals surface area contributed by atoms with Gasteiger partial charge in [0.05, 0.1) is 25.5 Å². The maximum atomic E-state index is 12.8. The van der Waals surface area contributed by atoms with Gasteiger partial charge in [0.1, 0.15) is 5.69 Å². The number of nitrogens with one attached hydrogen (secondary N) is 2. The van der Waals surface area contributed by atoms with Crippen LogP contribution in [0.3, 0.4) is 0 Å². The van der Waals surface area contributed by atoms with Crippen LogP contribution in [-0.4, -0.2) is 40.2 Å². The molecule has 32 heavy (non-hydrogen) atoms. The Hall–Kier alpha value is -3.53. The van der Waals surface area contributed by atoms with Gasteiger partial charge in [0.15, 0.2) is 22.2 Å². The van der Waals surface area contributed by atoms with Crippen molar-refractivity contribution in [2.75, 3.05) is 25.5 Å². The SMILES string of the molecule is COc1ccc(CCNC(=O)c2ccccc2NS(=O)(=O)c2c(C)noc2C)cc1OC. The first-order valence-corrected chi connectivity index (χ1v) is 11.3. The maximum Gasteiger partial charge on any atom is 0.267 e. The van der Waals surface area contributed by atoms with Crippen molar-refractivity contribution in [1.82, 2.24) is 10.5 Å². The first kappa shape index (κ1) is 23.1. The Balaban J connectivity index is 1.71. The highest BCUT2D eigenvalue weighted by Crippen LogP contribution is 2.28. The molecule has 170 valence electrons. The molecule has 2 N–H and O–H groups in total. The fraction of sp³-hybridized carbons (Fsp3) is 0.273. The summed E-state index contributed by atoms with van der Waals surface area (Å²) in [5.74, 6) is 1.00. The molecule has 0 saturated carbocycles. The first-order valence-electron chi connectivity index (χ1n) is 9.80. The molecule has 0 atom stereocenters. The fourth-order valence-electron chi connectivity index (χ4n) is 3.28. The predicted molar refractivity (Wildman–Crippen MR) is 119 cm³/mol. The number of anilines is 1. The van der Waals surface area contributed by atoms with Crippen LogP contribution in [0.15, 0.2) is 51.9 Å². The van der Waals surface area contributed by atoms with Gasteiger partial charge >= 0.3 is 0 Å². The second-order valence-electron chi connectivity index (χ2n) is 7.00. The Kier molecular flexibility index (Phi) is 7.04. The van der Waals surface area contributed by atoms with Crippen LogP contribution < -0.4 is 19.5 Å². The first-order chi connectivity index (χ1) is 15.3. The van der Waals surface area contributed by atoms with Gasteiger partial charge in [-0.05, 0) is 50.1 Å². The molecule has 0 fully saturated rings. The van der Waals surface area contributed by atoms with E-state index in [2.05, 4.69) is 15.2 Å². The molecule has 0 aliphatic carbocycles. The Bertz CT molecular complexity index is 1200. The van der Waals surface area contributed by atoms with Crippen molar-refractivity contribution in [1.29, 1.82) is 0 Å². The number of hydrogen-bond acceptors (Lipinski definition) is 7. The molecule has 3 aromatic rings. The molecule has 9 nitrogen and oxygen atoms in total. The van der Waals surface area contributed by atoms with E-state index in [1.54, 1.807) is 38.5 Å². The number of methoxy groups -OCH3 is 2. The lowest BCUT2D eigenvalue weighted by Gasteiger charge is -2.13. The lowest BCUT2D eigenvalue weighted by Crippen LogP contribution is -2.27. The lowest BCUT2D eigenvalue weighted by atomic mass is 10.1. The molecule has 1 amide bonds. The van der Waals surface area contributed by atoms with Crippen molar-refractivity contribution >= 4 is 21.6 Å². The lowest BCUT2D eigenvalue weighted by molar-refractivity contribution is 0.0955. The Morgan fingerprint density at radius 1 is 1.06 bits per heavy atom. The van der Waals surface area contributed by atoms with Gasteiger partial charge in [-0.15, -0.1) is 0 Å². The van der Waals surface area contributed by atoms with Gasteiger partial charge in [-0.3, -0.25) is 9.52 Å². The number of ether oxygens (including phenoxy) is 2. The molecule has 10 heteroatoms. The molecular weight excluding hydrogens is 434 g/mol. The zero-order valence-corrected chi connectivity index (χ0v) is 19.1. The van der Waals surface area contributed by atoms with Gasteiger partial charge in [0.25, 0.3) is 15.9 Å². The summed E-state index contributed by atoms with van der Waals surface area (Å²) in [6, 6.07) is 11.9. The second kappa shape index (κ2) is 9.73. The van der Waals surface area contributed by atoms with E-state index in [1.807, 2.05) is 12.1 Å². The topological polar surface area (TPSA) is 120 Å². The maximum absolute atomic E-state index is 12.8. The minimum absolute atomic E-state index is 0.0406. The van der Waals surface area contributed by atoms with E-state index < -0.39 is 15.9 Å². The number of aromatic nitrogens is 1. The largest absolute Gasteiger partial charge is 0.493 e. The minimum atomic E-state index is -3.98. The van der Waals surface area contributed by atoms with Gasteiger partial charge in [-0.1, -0.05) is 23.4 Å². The molecule has 1 heterocycles. The van der Waals surface area contributed by atoms with E-state index in [-0.39, 0.29) is 27.6 Å². The zero-order valence-electron chi connectivity index (χ0n) is 18.3. The number of amides is 1. The van der Waals surface area contributed by atoms with Gasteiger partial charge in [0, 0.05) is 6.54 Å². The summed E-state index contributed by atoms with van der Waals surface area (Å²) in [4.78, 5) is 12.7. The van der Waals surface area contributed by atoms with Crippen molar-refractivity contribution < 1.29 is 27.2 Å². The van der Waals surface area contributed by atoms with Crippen molar-refractivity contribution in [2.24, 2.45) is 0 Å². The van der Waals surface area contributed by atoms with Gasteiger partial charge in [0.2, 0.25) is 0 Å². The third-order valence-electron chi connectivity index (χ3n) is 4.80. The number of sulfonamides is 1. The highest BCUT2D eigenvalue weighted by atomic mass is 32.2. The number of hydrogen-bond donors (Lipinski definition) is 2. The Labute approximate surface area is 186 Å². The third kappa shape index (κ3) is 5.02. The summed E-state index contributed by atoms with van der Waals surface area (Å²) in [6.07, 6.45) is 0.555. The van der Waals surface area contributed by atoms with E-state index in [0.717, 1.165) is 5.56 Å². The van der Waals surface area contributed by atoms with E-state index >= 15 is 0 Å². The fourth-order valence-corrected chi connectivity index (χ4v) is 4.69. The third-order valence-corrected chi connectivity index (χ3v) is 6.41. The van der Waals surface area contributed by atoms with Gasteiger partial charge in [-0.2, -0.15) is 0 Å². The standard InChI is InChI=1S/C22H25N3O6S/c1-14-21(15(2)31-24-14)32(27,28)25-18-8-6-5-7-17(18)22(26)23-12-11-16-9-10-19(29-3)20(13-16)30-4/h5-10,13,25H,11-12H2,1-4H3,(H,23,26). The van der Waals surface area contributed by atoms with Crippen LogP contribution in [0.1, 0.15) is 27.4 Å². The number of para-hydroxylation sites is 1. The molecule has 3 rings (SSSR count). The Morgan fingerprint density at radius 3 is 2.44 bits per heavy atom. The molecule has 0 bridgehead atoms. The summed E-state index contributed by atoms with van der Waals surface area (Å²) in [7, 11) is -0.853. The summed E-state index contributed by atoms with van der Waals surface area (Å²) in [5.41, 5.74) is 1.56. The van der Waals surface area contributed by atoms with Crippen LogP contribution in [0.5, 0.6) is 11.5 Å². The molecular formula is C22H25N3O6S. The zero-order chi connectivity index (χ0) is 23.3. The van der Waals surface area contributed by atoms with Crippen LogP contribution in [0.2, 0.25) is 0 Å².